The summed E-state index contributed by atoms with van der Waals surface area (Å²) in [5.74, 6) is 0.795. The van der Waals surface area contributed by atoms with E-state index in [0.717, 1.165) is 0 Å². The molecule has 2 aromatic carbocycles. The molecule has 2 N–H and O–H groups in total. The smallest absolute Gasteiger partial charge is 0.340 e. The average molecular weight is 400 g/mol. The van der Waals surface area contributed by atoms with Crippen LogP contribution in [0.3, 0.4) is 0 Å². The molecule has 0 saturated heterocycles. The number of hydrogen-bond acceptors (Lipinski definition) is 8. The third-order valence-corrected chi connectivity index (χ3v) is 3.89. The summed E-state index contributed by atoms with van der Waals surface area (Å²) in [6.07, 6.45) is 1.45. The first-order chi connectivity index (χ1) is 13.6. The lowest BCUT2D eigenvalue weighted by atomic mass is 10.2. The molecule has 0 bridgehead atoms. The number of esters is 1. The molecule has 0 radical (unpaired) electrons. The maximum absolute atomic E-state index is 12.1. The lowest BCUT2D eigenvalue weighted by Gasteiger charge is -2.12. The Balaban J connectivity index is 1.84. The van der Waals surface area contributed by atoms with Gasteiger partial charge in [0, 0.05) is 5.02 Å². The summed E-state index contributed by atoms with van der Waals surface area (Å²) >= 11 is 6.04. The van der Waals surface area contributed by atoms with E-state index >= 15 is 0 Å². The normalized spacial score (nSPS) is 10.2. The van der Waals surface area contributed by atoms with E-state index in [1.165, 1.54) is 6.20 Å². The minimum Gasteiger partial charge on any atom is -0.495 e. The van der Waals surface area contributed by atoms with E-state index in [1.807, 2.05) is 0 Å². The van der Waals surface area contributed by atoms with Crippen molar-refractivity contribution < 1.29 is 14.3 Å². The maximum atomic E-state index is 12.1. The summed E-state index contributed by atoms with van der Waals surface area (Å²) in [6, 6.07) is 12.1. The number of benzene rings is 2. The summed E-state index contributed by atoms with van der Waals surface area (Å²) in [6.45, 7) is 2.04. The van der Waals surface area contributed by atoms with E-state index in [1.54, 1.807) is 56.5 Å². The van der Waals surface area contributed by atoms with Crippen LogP contribution in [0.2, 0.25) is 5.02 Å². The number of ether oxygens (including phenoxy) is 2. The number of para-hydroxylation sites is 1. The number of nitrogens with zero attached hydrogens (tertiary/aromatic N) is 3. The molecule has 0 aliphatic heterocycles. The number of halogens is 1. The predicted octanol–water partition coefficient (Wildman–Crippen LogP) is 4.20. The van der Waals surface area contributed by atoms with Gasteiger partial charge >= 0.3 is 5.97 Å². The summed E-state index contributed by atoms with van der Waals surface area (Å²) < 4.78 is 10.4. The minimum atomic E-state index is -0.422. The lowest BCUT2D eigenvalue weighted by molar-refractivity contribution is 0.0527. The van der Waals surface area contributed by atoms with Crippen LogP contribution in [-0.4, -0.2) is 34.9 Å². The predicted molar refractivity (Wildman–Crippen MR) is 107 cm³/mol. The Bertz CT molecular complexity index is 983. The Labute approximate surface area is 166 Å². The third-order valence-electron chi connectivity index (χ3n) is 3.65. The van der Waals surface area contributed by atoms with Gasteiger partial charge in [-0.25, -0.2) is 4.79 Å². The number of carbonyl (C=O) groups is 1. The molecular weight excluding hydrogens is 382 g/mol. The molecule has 8 nitrogen and oxygen atoms in total. The maximum Gasteiger partial charge on any atom is 0.340 e. The van der Waals surface area contributed by atoms with E-state index < -0.39 is 5.97 Å². The van der Waals surface area contributed by atoms with Crippen LogP contribution in [0.4, 0.5) is 23.1 Å². The molecule has 0 amide bonds. The zero-order valence-electron chi connectivity index (χ0n) is 15.3. The Morgan fingerprint density at radius 2 is 1.96 bits per heavy atom. The Kier molecular flexibility index (Phi) is 6.23. The fraction of sp³-hybridized carbons (Fsp3) is 0.158. The van der Waals surface area contributed by atoms with Gasteiger partial charge in [-0.2, -0.15) is 10.1 Å². The summed E-state index contributed by atoms with van der Waals surface area (Å²) in [7, 11) is 1.55. The van der Waals surface area contributed by atoms with Crippen molar-refractivity contribution in [2.45, 2.75) is 6.92 Å². The van der Waals surface area contributed by atoms with Crippen molar-refractivity contribution >= 4 is 40.7 Å². The van der Waals surface area contributed by atoms with Gasteiger partial charge in [-0.15, -0.1) is 5.10 Å². The Hall–Kier alpha value is -3.39. The molecule has 0 saturated carbocycles. The van der Waals surface area contributed by atoms with Gasteiger partial charge in [-0.05, 0) is 37.3 Å². The molecule has 1 aromatic heterocycles. The monoisotopic (exact) mass is 399 g/mol. The molecule has 0 atom stereocenters. The van der Waals surface area contributed by atoms with Crippen molar-refractivity contribution in [3.05, 3.63) is 59.2 Å². The lowest BCUT2D eigenvalue weighted by Crippen LogP contribution is -2.09. The molecule has 3 rings (SSSR count). The van der Waals surface area contributed by atoms with Crippen LogP contribution in [0.25, 0.3) is 0 Å². The number of rotatable bonds is 7. The van der Waals surface area contributed by atoms with Gasteiger partial charge in [0.15, 0.2) is 5.82 Å². The van der Waals surface area contributed by atoms with Crippen molar-refractivity contribution in [1.82, 2.24) is 15.2 Å². The van der Waals surface area contributed by atoms with E-state index in [0.29, 0.717) is 33.5 Å². The number of hydrogen-bond donors (Lipinski definition) is 2. The molecule has 0 aliphatic carbocycles. The number of aromatic nitrogens is 3. The number of methoxy groups -OCH3 is 1. The topological polar surface area (TPSA) is 98.3 Å². The summed E-state index contributed by atoms with van der Waals surface area (Å²) in [4.78, 5) is 16.5. The highest BCUT2D eigenvalue weighted by molar-refractivity contribution is 6.31. The molecule has 1 heterocycles. The molecule has 0 unspecified atom stereocenters. The van der Waals surface area contributed by atoms with Crippen molar-refractivity contribution in [3.8, 4) is 5.75 Å². The molecule has 144 valence electrons. The van der Waals surface area contributed by atoms with Crippen LogP contribution in [0.5, 0.6) is 5.75 Å². The number of anilines is 4. The fourth-order valence-corrected chi connectivity index (χ4v) is 2.60. The van der Waals surface area contributed by atoms with E-state index in [2.05, 4.69) is 25.8 Å². The van der Waals surface area contributed by atoms with Crippen LogP contribution in [-0.2, 0) is 4.74 Å². The van der Waals surface area contributed by atoms with Crippen LogP contribution >= 0.6 is 11.6 Å². The van der Waals surface area contributed by atoms with Crippen LogP contribution < -0.4 is 15.4 Å². The SMILES string of the molecule is CCOC(=O)c1ccccc1Nc1cnnc(Nc2cc(Cl)ccc2OC)n1. The fourth-order valence-electron chi connectivity index (χ4n) is 2.43. The van der Waals surface area contributed by atoms with Gasteiger partial charge < -0.3 is 20.1 Å². The van der Waals surface area contributed by atoms with E-state index in [9.17, 15) is 4.79 Å². The summed E-state index contributed by atoms with van der Waals surface area (Å²) in [5, 5.41) is 14.5. The van der Waals surface area contributed by atoms with Crippen molar-refractivity contribution in [3.63, 3.8) is 0 Å². The third kappa shape index (κ3) is 4.66. The minimum absolute atomic E-state index is 0.235. The highest BCUT2D eigenvalue weighted by Crippen LogP contribution is 2.29. The van der Waals surface area contributed by atoms with Gasteiger partial charge in [-0.1, -0.05) is 23.7 Å². The van der Waals surface area contributed by atoms with Crippen LogP contribution in [0.15, 0.2) is 48.7 Å². The first-order valence-corrected chi connectivity index (χ1v) is 8.82. The zero-order valence-corrected chi connectivity index (χ0v) is 16.0. The van der Waals surface area contributed by atoms with Gasteiger partial charge in [0.25, 0.3) is 0 Å². The highest BCUT2D eigenvalue weighted by Gasteiger charge is 2.13. The second-order valence-corrected chi connectivity index (χ2v) is 5.96. The van der Waals surface area contributed by atoms with E-state index in [4.69, 9.17) is 21.1 Å². The van der Waals surface area contributed by atoms with Gasteiger partial charge in [0.1, 0.15) is 5.75 Å². The molecule has 9 heteroatoms. The summed E-state index contributed by atoms with van der Waals surface area (Å²) in [5.41, 5.74) is 1.54. The first-order valence-electron chi connectivity index (χ1n) is 8.44. The standard InChI is InChI=1S/C19H18ClN5O3/c1-3-28-18(26)13-6-4-5-7-14(13)22-17-11-21-25-19(24-17)23-15-10-12(20)8-9-16(15)27-2/h4-11H,3H2,1-2H3,(H2,22,23,24,25). The second kappa shape index (κ2) is 9.01. The zero-order chi connectivity index (χ0) is 19.9. The number of nitrogens with one attached hydrogen (secondary N) is 2. The first kappa shape index (κ1) is 19.4. The average Bonchev–Trinajstić information content (AvgIpc) is 2.69. The molecule has 0 spiro atoms. The van der Waals surface area contributed by atoms with Crippen LogP contribution in [0, 0.1) is 0 Å². The molecule has 0 aliphatic rings. The highest BCUT2D eigenvalue weighted by atomic mass is 35.5. The molecular formula is C19H18ClN5O3. The molecule has 28 heavy (non-hydrogen) atoms. The van der Waals surface area contributed by atoms with Crippen molar-refractivity contribution in [1.29, 1.82) is 0 Å². The van der Waals surface area contributed by atoms with Gasteiger partial charge in [-0.3, -0.25) is 0 Å². The quantitative estimate of drug-likeness (QED) is 0.570. The van der Waals surface area contributed by atoms with E-state index in [-0.39, 0.29) is 12.6 Å². The second-order valence-electron chi connectivity index (χ2n) is 5.53. The molecule has 0 fully saturated rings. The number of carbonyl (C=O) groups excluding carboxylic acids is 1. The van der Waals surface area contributed by atoms with Gasteiger partial charge in [0.2, 0.25) is 5.95 Å². The van der Waals surface area contributed by atoms with Gasteiger partial charge in [0.05, 0.1) is 36.9 Å². The molecule has 3 aromatic rings. The Morgan fingerprint density at radius 3 is 2.75 bits per heavy atom. The van der Waals surface area contributed by atoms with Crippen molar-refractivity contribution in [2.24, 2.45) is 0 Å². The van der Waals surface area contributed by atoms with Crippen molar-refractivity contribution in [2.75, 3.05) is 24.4 Å². The van der Waals surface area contributed by atoms with Crippen LogP contribution in [0.1, 0.15) is 17.3 Å². The largest absolute Gasteiger partial charge is 0.495 e. The Morgan fingerprint density at radius 1 is 1.14 bits per heavy atom.